The Morgan fingerprint density at radius 3 is 0.851 bits per heavy atom. The summed E-state index contributed by atoms with van der Waals surface area (Å²) in [6.45, 7) is 4.85. The second-order valence-electron chi connectivity index (χ2n) is 26.0. The molecule has 552 valence electrons. The van der Waals surface area contributed by atoms with Crippen molar-refractivity contribution in [2.24, 2.45) is 0 Å². The van der Waals surface area contributed by atoms with Crippen LogP contribution in [-0.2, 0) is 65.4 Å². The van der Waals surface area contributed by atoms with Crippen molar-refractivity contribution in [2.75, 3.05) is 39.6 Å². The van der Waals surface area contributed by atoms with E-state index in [-0.39, 0.29) is 25.7 Å². The van der Waals surface area contributed by atoms with E-state index in [0.29, 0.717) is 25.7 Å². The molecule has 19 heteroatoms. The van der Waals surface area contributed by atoms with Crippen LogP contribution < -0.4 is 0 Å². The van der Waals surface area contributed by atoms with Crippen LogP contribution >= 0.6 is 15.6 Å². The molecule has 94 heavy (non-hydrogen) atoms. The van der Waals surface area contributed by atoms with E-state index in [1.165, 1.54) is 154 Å². The van der Waals surface area contributed by atoms with Gasteiger partial charge in [0.2, 0.25) is 0 Å². The largest absolute Gasteiger partial charge is 0.472 e. The maximum absolute atomic E-state index is 13.1. The summed E-state index contributed by atoms with van der Waals surface area (Å²) in [6, 6.07) is 0. The zero-order valence-electron chi connectivity index (χ0n) is 60.2. The first-order chi connectivity index (χ1) is 45.7. The molecule has 0 amide bonds. The zero-order chi connectivity index (χ0) is 69.0. The number of allylic oxidation sites excluding steroid dienone is 6. The summed E-state index contributed by atoms with van der Waals surface area (Å²) in [7, 11) is -9.92. The number of carbonyl (C=O) groups excluding carboxylic acids is 4. The first-order valence-corrected chi connectivity index (χ1v) is 41.2. The number of rotatable bonds is 73. The van der Waals surface area contributed by atoms with E-state index in [9.17, 15) is 43.2 Å². The van der Waals surface area contributed by atoms with Gasteiger partial charge in [-0.15, -0.1) is 0 Å². The Hall–Kier alpha value is -2.72. The molecule has 0 aromatic carbocycles. The molecule has 0 spiro atoms. The van der Waals surface area contributed by atoms with E-state index in [2.05, 4.69) is 64.2 Å². The van der Waals surface area contributed by atoms with Crippen molar-refractivity contribution in [3.63, 3.8) is 0 Å². The van der Waals surface area contributed by atoms with Crippen molar-refractivity contribution in [1.82, 2.24) is 0 Å². The fraction of sp³-hybridized carbons (Fsp3) is 0.867. The standard InChI is InChI=1S/C75H140O17P2/c1-5-9-13-17-21-25-29-32-34-37-40-43-47-51-55-59-72(77)85-65-70(91-74(79)61-57-53-49-45-39-28-24-20-16-12-8-4)67-89-93(81,82)87-63-69(76)64-88-94(83,84)90-68-71(92-75(80)62-58-54-50-46-42-36-31-27-23-19-15-11-7-3)66-86-73(78)60-56-52-48-44-41-38-35-33-30-26-22-18-14-10-6-2/h20-21,24-25,32,34,69-71,76H,5-19,22-23,26-31,33,35-68H2,1-4H3,(H,81,82)(H,83,84)/b24-20-,25-21-,34-32-. The van der Waals surface area contributed by atoms with Crippen molar-refractivity contribution in [1.29, 1.82) is 0 Å². The van der Waals surface area contributed by atoms with E-state index in [1.54, 1.807) is 0 Å². The average molecular weight is 1380 g/mol. The van der Waals surface area contributed by atoms with E-state index in [0.717, 1.165) is 128 Å². The number of esters is 4. The van der Waals surface area contributed by atoms with Crippen molar-refractivity contribution in [3.8, 4) is 0 Å². The van der Waals surface area contributed by atoms with Gasteiger partial charge in [0, 0.05) is 25.7 Å². The first-order valence-electron chi connectivity index (χ1n) is 38.2. The molecule has 0 saturated heterocycles. The fourth-order valence-electron chi connectivity index (χ4n) is 10.7. The highest BCUT2D eigenvalue weighted by molar-refractivity contribution is 7.47. The molecule has 0 aliphatic rings. The minimum absolute atomic E-state index is 0.0869. The van der Waals surface area contributed by atoms with Gasteiger partial charge in [-0.1, -0.05) is 295 Å². The molecule has 0 heterocycles. The second-order valence-corrected chi connectivity index (χ2v) is 28.9. The first kappa shape index (κ1) is 91.3. The van der Waals surface area contributed by atoms with Crippen LogP contribution in [0.25, 0.3) is 0 Å². The van der Waals surface area contributed by atoms with Crippen molar-refractivity contribution in [3.05, 3.63) is 36.5 Å². The SMILES string of the molecule is CCCC/C=C\CCCCCCCC(=O)OC(COC(=O)CCCCCCC/C=C\C/C=C\CCCCC)COP(=O)(O)OCC(O)COP(=O)(O)OCC(COC(=O)CCCCCCCCCCCCCCCCC)OC(=O)CCCCCCCCCCCCCCC. The Morgan fingerprint density at radius 2 is 0.532 bits per heavy atom. The lowest BCUT2D eigenvalue weighted by atomic mass is 10.0. The highest BCUT2D eigenvalue weighted by Gasteiger charge is 2.30. The third-order valence-corrected chi connectivity index (χ3v) is 18.5. The Kier molecular flexibility index (Phi) is 66.8. The Balaban J connectivity index is 5.28. The van der Waals surface area contributed by atoms with Crippen LogP contribution in [0.15, 0.2) is 36.5 Å². The lowest BCUT2D eigenvalue weighted by molar-refractivity contribution is -0.161. The molecule has 5 unspecified atom stereocenters. The number of unbranched alkanes of at least 4 members (excludes halogenated alkanes) is 41. The second kappa shape index (κ2) is 68.8. The van der Waals surface area contributed by atoms with Gasteiger partial charge in [0.25, 0.3) is 0 Å². The Labute approximate surface area is 573 Å². The summed E-state index contributed by atoms with van der Waals surface area (Å²) in [5.74, 6) is -2.16. The van der Waals surface area contributed by atoms with Gasteiger partial charge in [0.1, 0.15) is 19.3 Å². The number of aliphatic hydroxyl groups excluding tert-OH is 1. The zero-order valence-corrected chi connectivity index (χ0v) is 61.9. The van der Waals surface area contributed by atoms with Gasteiger partial charge >= 0.3 is 39.5 Å². The van der Waals surface area contributed by atoms with Crippen molar-refractivity contribution < 1.29 is 80.2 Å². The quantitative estimate of drug-likeness (QED) is 0.0169. The normalized spacial score (nSPS) is 14.2. The molecule has 17 nitrogen and oxygen atoms in total. The van der Waals surface area contributed by atoms with Gasteiger partial charge in [-0.05, 0) is 77.0 Å². The van der Waals surface area contributed by atoms with Crippen LogP contribution in [0.2, 0.25) is 0 Å². The summed E-state index contributed by atoms with van der Waals surface area (Å²) < 4.78 is 68.4. The number of hydrogen-bond acceptors (Lipinski definition) is 15. The van der Waals surface area contributed by atoms with Gasteiger partial charge in [-0.2, -0.15) is 0 Å². The molecule has 0 rings (SSSR count). The lowest BCUT2D eigenvalue weighted by Gasteiger charge is -2.21. The van der Waals surface area contributed by atoms with Crippen LogP contribution in [0.3, 0.4) is 0 Å². The molecule has 5 atom stereocenters. The van der Waals surface area contributed by atoms with Gasteiger partial charge in [-0.25, -0.2) is 9.13 Å². The number of aliphatic hydroxyl groups is 1. The molecule has 0 aliphatic heterocycles. The third-order valence-electron chi connectivity index (χ3n) is 16.6. The van der Waals surface area contributed by atoms with Gasteiger partial charge < -0.3 is 33.8 Å². The van der Waals surface area contributed by atoms with E-state index >= 15 is 0 Å². The van der Waals surface area contributed by atoms with Crippen molar-refractivity contribution in [2.45, 2.75) is 380 Å². The predicted molar refractivity (Wildman–Crippen MR) is 381 cm³/mol. The Morgan fingerprint density at radius 1 is 0.298 bits per heavy atom. The van der Waals surface area contributed by atoms with E-state index in [4.69, 9.17) is 37.0 Å². The van der Waals surface area contributed by atoms with Gasteiger partial charge in [-0.3, -0.25) is 37.3 Å². The summed E-state index contributed by atoms with van der Waals surface area (Å²) in [6.07, 6.45) is 62.8. The Bertz CT molecular complexity index is 1930. The molecule has 0 fully saturated rings. The highest BCUT2D eigenvalue weighted by atomic mass is 31.2. The maximum Gasteiger partial charge on any atom is 0.472 e. The number of hydrogen-bond donors (Lipinski definition) is 3. The molecule has 0 aromatic heterocycles. The van der Waals surface area contributed by atoms with E-state index < -0.39 is 97.5 Å². The molecular weight excluding hydrogens is 1230 g/mol. The molecule has 0 bridgehead atoms. The molecule has 0 saturated carbocycles. The van der Waals surface area contributed by atoms with Crippen LogP contribution in [0.5, 0.6) is 0 Å². The molecule has 3 N–H and O–H groups in total. The summed E-state index contributed by atoms with van der Waals surface area (Å²) in [5.41, 5.74) is 0. The maximum atomic E-state index is 13.1. The van der Waals surface area contributed by atoms with Crippen LogP contribution in [0, 0.1) is 0 Å². The summed E-state index contributed by atoms with van der Waals surface area (Å²) in [4.78, 5) is 72.7. The smallest absolute Gasteiger partial charge is 0.462 e. The highest BCUT2D eigenvalue weighted by Crippen LogP contribution is 2.45. The van der Waals surface area contributed by atoms with Crippen molar-refractivity contribution >= 4 is 39.5 Å². The molecule has 0 radical (unpaired) electrons. The van der Waals surface area contributed by atoms with Gasteiger partial charge in [0.05, 0.1) is 26.4 Å². The minimum Gasteiger partial charge on any atom is -0.462 e. The number of phosphoric ester groups is 2. The monoisotopic (exact) mass is 1370 g/mol. The number of phosphoric acid groups is 2. The van der Waals surface area contributed by atoms with E-state index in [1.807, 2.05) is 0 Å². The predicted octanol–water partition coefficient (Wildman–Crippen LogP) is 21.6. The van der Waals surface area contributed by atoms with Gasteiger partial charge in [0.15, 0.2) is 12.2 Å². The third kappa shape index (κ3) is 67.8. The number of carbonyl (C=O) groups is 4. The van der Waals surface area contributed by atoms with Crippen LogP contribution in [-0.4, -0.2) is 96.7 Å². The summed E-state index contributed by atoms with van der Waals surface area (Å²) in [5, 5.41) is 10.6. The summed E-state index contributed by atoms with van der Waals surface area (Å²) >= 11 is 0. The molecule has 0 aromatic rings. The lowest BCUT2D eigenvalue weighted by Crippen LogP contribution is -2.30. The average Bonchev–Trinajstić information content (AvgIpc) is 2.22. The number of ether oxygens (including phenoxy) is 4. The molecule has 0 aliphatic carbocycles. The van der Waals surface area contributed by atoms with Crippen LogP contribution in [0.1, 0.15) is 362 Å². The molecular formula is C75H140O17P2. The van der Waals surface area contributed by atoms with Crippen LogP contribution in [0.4, 0.5) is 0 Å². The fourth-order valence-corrected chi connectivity index (χ4v) is 12.3. The topological polar surface area (TPSA) is 237 Å². The minimum atomic E-state index is -4.96.